The number of nitrogens with zero attached hydrogens (tertiary/aromatic N) is 1. The molecule has 0 fully saturated rings. The zero-order chi connectivity index (χ0) is 14.3. The molecule has 1 atom stereocenters. The first-order valence-corrected chi connectivity index (χ1v) is 7.41. The molecule has 6 heteroatoms. The van der Waals surface area contributed by atoms with Gasteiger partial charge < -0.3 is 4.74 Å². The van der Waals surface area contributed by atoms with Gasteiger partial charge in [-0.05, 0) is 17.5 Å². The lowest BCUT2D eigenvalue weighted by Gasteiger charge is -2.21. The molecular weight excluding hydrogens is 266 g/mol. The molecule has 0 unspecified atom stereocenters. The van der Waals surface area contributed by atoms with Crippen LogP contribution in [-0.4, -0.2) is 31.5 Å². The lowest BCUT2D eigenvalue weighted by molar-refractivity contribution is 0.235. The molecule has 0 saturated heterocycles. The van der Waals surface area contributed by atoms with Crippen LogP contribution in [0.4, 0.5) is 0 Å². The van der Waals surface area contributed by atoms with E-state index in [2.05, 4.69) is 4.99 Å². The lowest BCUT2D eigenvalue weighted by Crippen LogP contribution is -2.25. The van der Waals surface area contributed by atoms with E-state index in [0.717, 1.165) is 0 Å². The lowest BCUT2D eigenvalue weighted by atomic mass is 9.88. The van der Waals surface area contributed by atoms with Crippen molar-refractivity contribution in [2.45, 2.75) is 31.7 Å². The summed E-state index contributed by atoms with van der Waals surface area (Å²) in [5.41, 5.74) is 0.242. The van der Waals surface area contributed by atoms with E-state index in [4.69, 9.17) is 4.74 Å². The monoisotopic (exact) mass is 283 g/mol. The molecule has 104 valence electrons. The fraction of sp³-hybridized carbons (Fsp3) is 0.462. The third kappa shape index (κ3) is 2.96. The normalized spacial score (nSPS) is 20.0. The second-order valence-electron chi connectivity index (χ2n) is 5.60. The van der Waals surface area contributed by atoms with Crippen LogP contribution in [0.25, 0.3) is 0 Å². The van der Waals surface area contributed by atoms with Gasteiger partial charge in [-0.15, -0.1) is 0 Å². The van der Waals surface area contributed by atoms with Gasteiger partial charge in [0.15, 0.2) is 0 Å². The molecule has 0 aromatic heterocycles. The van der Waals surface area contributed by atoms with E-state index >= 15 is 0 Å². The van der Waals surface area contributed by atoms with Crippen LogP contribution in [0.3, 0.4) is 0 Å². The highest BCUT2D eigenvalue weighted by Gasteiger charge is 2.32. The van der Waals surface area contributed by atoms with Crippen molar-refractivity contribution in [3.8, 4) is 0 Å². The molecule has 0 aliphatic carbocycles. The molecule has 0 spiro atoms. The minimum absolute atomic E-state index is 0.0306. The second kappa shape index (κ2) is 4.61. The van der Waals surface area contributed by atoms with Gasteiger partial charge >= 0.3 is 0 Å². The fourth-order valence-corrected chi connectivity index (χ4v) is 2.52. The predicted octanol–water partition coefficient (Wildman–Crippen LogP) is 2.12. The average Bonchev–Trinajstić information content (AvgIpc) is 2.76. The summed E-state index contributed by atoms with van der Waals surface area (Å²) in [5, 5.41) is 0. The maximum Gasteiger partial charge on any atom is 0.295 e. The van der Waals surface area contributed by atoms with Crippen molar-refractivity contribution < 1.29 is 17.7 Å². The Morgan fingerprint density at radius 1 is 1.32 bits per heavy atom. The van der Waals surface area contributed by atoms with Gasteiger partial charge in [0, 0.05) is 0 Å². The number of ether oxygens (including phenoxy) is 1. The minimum Gasteiger partial charge on any atom is -0.475 e. The van der Waals surface area contributed by atoms with E-state index < -0.39 is 10.1 Å². The highest BCUT2D eigenvalue weighted by Crippen LogP contribution is 2.28. The van der Waals surface area contributed by atoms with Gasteiger partial charge in [-0.3, -0.25) is 4.55 Å². The molecule has 1 N–H and O–H groups in total. The number of rotatable bonds is 2. The van der Waals surface area contributed by atoms with Gasteiger partial charge in [-0.2, -0.15) is 8.42 Å². The number of aliphatic imine (C=N–C) groups is 1. The van der Waals surface area contributed by atoms with Crippen LogP contribution in [-0.2, 0) is 14.9 Å². The molecule has 1 aromatic carbocycles. The summed E-state index contributed by atoms with van der Waals surface area (Å²) in [6.45, 7) is 6.55. The van der Waals surface area contributed by atoms with Gasteiger partial charge in [0.2, 0.25) is 5.90 Å². The fourth-order valence-electron chi connectivity index (χ4n) is 1.83. The van der Waals surface area contributed by atoms with E-state index in [9.17, 15) is 13.0 Å². The van der Waals surface area contributed by atoms with E-state index in [-0.39, 0.29) is 22.3 Å². The maximum absolute atomic E-state index is 11.3. The van der Waals surface area contributed by atoms with Crippen molar-refractivity contribution in [2.24, 2.45) is 10.4 Å². The predicted molar refractivity (Wildman–Crippen MR) is 72.0 cm³/mol. The van der Waals surface area contributed by atoms with Crippen molar-refractivity contribution in [3.63, 3.8) is 0 Å². The molecule has 2 rings (SSSR count). The molecule has 0 radical (unpaired) electrons. The van der Waals surface area contributed by atoms with Crippen molar-refractivity contribution in [3.05, 3.63) is 29.8 Å². The van der Waals surface area contributed by atoms with Gasteiger partial charge in [0.05, 0.1) is 11.6 Å². The van der Waals surface area contributed by atoms with Gasteiger partial charge in [0.1, 0.15) is 11.5 Å². The van der Waals surface area contributed by atoms with E-state index in [1.807, 2.05) is 20.8 Å². The van der Waals surface area contributed by atoms with Crippen molar-refractivity contribution in [2.75, 3.05) is 6.61 Å². The Bertz CT molecular complexity index is 614. The molecule has 0 saturated carbocycles. The molecule has 19 heavy (non-hydrogen) atoms. The topological polar surface area (TPSA) is 76.0 Å². The third-order valence-electron chi connectivity index (χ3n) is 3.05. The minimum atomic E-state index is -4.28. The first kappa shape index (κ1) is 14.0. The summed E-state index contributed by atoms with van der Waals surface area (Å²) in [5.74, 6) is 0.271. The molecule has 1 aliphatic heterocycles. The van der Waals surface area contributed by atoms with Crippen LogP contribution in [0, 0.1) is 5.41 Å². The highest BCUT2D eigenvalue weighted by atomic mass is 32.2. The highest BCUT2D eigenvalue weighted by molar-refractivity contribution is 7.86. The molecule has 5 nitrogen and oxygen atoms in total. The average molecular weight is 283 g/mol. The van der Waals surface area contributed by atoms with Crippen molar-refractivity contribution in [1.29, 1.82) is 0 Å². The van der Waals surface area contributed by atoms with Crippen molar-refractivity contribution >= 4 is 16.0 Å². The van der Waals surface area contributed by atoms with E-state index in [1.165, 1.54) is 6.07 Å². The summed E-state index contributed by atoms with van der Waals surface area (Å²) in [6.07, 6.45) is 0. The molecule has 0 amide bonds. The molecule has 1 heterocycles. The Kier molecular flexibility index (Phi) is 3.40. The summed E-state index contributed by atoms with van der Waals surface area (Å²) in [7, 11) is -4.28. The van der Waals surface area contributed by atoms with Crippen LogP contribution in [0.2, 0.25) is 0 Å². The van der Waals surface area contributed by atoms with Gasteiger partial charge in [-0.25, -0.2) is 4.99 Å². The number of hydrogen-bond donors (Lipinski definition) is 1. The summed E-state index contributed by atoms with van der Waals surface area (Å²) in [4.78, 5) is 4.25. The second-order valence-corrected chi connectivity index (χ2v) is 6.99. The largest absolute Gasteiger partial charge is 0.475 e. The summed E-state index contributed by atoms with van der Waals surface area (Å²) in [6, 6.07) is 6.11. The van der Waals surface area contributed by atoms with Gasteiger partial charge in [-0.1, -0.05) is 32.9 Å². The molecular formula is C13H17NO4S. The first-order chi connectivity index (χ1) is 8.69. The standard InChI is InChI=1S/C13H17NO4S/c1-13(2,3)11-8-18-12(14-11)9-6-4-5-7-10(9)19(15,16)17/h4-7,11H,8H2,1-3H3,(H,15,16,17)/t11-/m1/s1. The van der Waals surface area contributed by atoms with Gasteiger partial charge in [0.25, 0.3) is 10.1 Å². The summed E-state index contributed by atoms with van der Waals surface area (Å²) >= 11 is 0. The zero-order valence-electron chi connectivity index (χ0n) is 11.1. The Hall–Kier alpha value is -1.40. The van der Waals surface area contributed by atoms with Crippen LogP contribution < -0.4 is 0 Å². The Morgan fingerprint density at radius 3 is 2.47 bits per heavy atom. The SMILES string of the molecule is CC(C)(C)[C@H]1COC(c2ccccc2S(=O)(=O)O)=N1. The quantitative estimate of drug-likeness (QED) is 0.844. The maximum atomic E-state index is 11.3. The third-order valence-corrected chi connectivity index (χ3v) is 3.96. The van der Waals surface area contributed by atoms with Crippen molar-refractivity contribution in [1.82, 2.24) is 0 Å². The van der Waals surface area contributed by atoms with Crippen LogP contribution in [0.1, 0.15) is 26.3 Å². The molecule has 1 aliphatic rings. The smallest absolute Gasteiger partial charge is 0.295 e. The first-order valence-electron chi connectivity index (χ1n) is 5.97. The summed E-state index contributed by atoms with van der Waals surface area (Å²) < 4.78 is 37.4. The van der Waals surface area contributed by atoms with Crippen LogP contribution in [0.5, 0.6) is 0 Å². The van der Waals surface area contributed by atoms with E-state index in [1.54, 1.807) is 18.2 Å². The Morgan fingerprint density at radius 2 is 1.95 bits per heavy atom. The zero-order valence-corrected chi connectivity index (χ0v) is 11.9. The Balaban J connectivity index is 2.45. The van der Waals surface area contributed by atoms with Crippen LogP contribution >= 0.6 is 0 Å². The van der Waals surface area contributed by atoms with Crippen LogP contribution in [0.15, 0.2) is 34.2 Å². The number of hydrogen-bond acceptors (Lipinski definition) is 4. The number of benzene rings is 1. The molecule has 0 bridgehead atoms. The molecule has 1 aromatic rings. The Labute approximate surface area is 113 Å². The van der Waals surface area contributed by atoms with E-state index in [0.29, 0.717) is 12.2 Å².